The number of benzene rings is 2. The molecule has 2 aromatic rings. The van der Waals surface area contributed by atoms with E-state index >= 15 is 0 Å². The van der Waals surface area contributed by atoms with Gasteiger partial charge in [0.1, 0.15) is 17.5 Å². The molecular formula is C22H28FN3O7S. The smallest absolute Gasteiger partial charge is 0.410 e. The molecule has 1 aliphatic heterocycles. The molecule has 1 aliphatic rings. The molecule has 0 saturated carbocycles. The van der Waals surface area contributed by atoms with E-state index < -0.39 is 33.7 Å². The summed E-state index contributed by atoms with van der Waals surface area (Å²) in [5.41, 5.74) is 0.642. The summed E-state index contributed by atoms with van der Waals surface area (Å²) in [6, 6.07) is 10.2. The Morgan fingerprint density at radius 1 is 1.00 bits per heavy atom. The third kappa shape index (κ3) is 6.50. The molecular weight excluding hydrogens is 469 g/mol. The second-order valence-electron chi connectivity index (χ2n) is 8.43. The van der Waals surface area contributed by atoms with Crippen molar-refractivity contribution in [1.82, 2.24) is 9.21 Å². The van der Waals surface area contributed by atoms with Gasteiger partial charge in [-0.05, 0) is 56.2 Å². The highest BCUT2D eigenvalue weighted by molar-refractivity contribution is 7.89. The number of hydrogen-bond acceptors (Lipinski definition) is 7. The standard InChI is InChI=1S/C22H25FN2O6S.H3NO/c1-22(2,3)31-21(28)24-12-13-25(19(14-24)20(26)27)32(29,30)18-10-6-16(7-11-18)15-4-8-17(23)9-5-15;1-2/h4-11,19H,12-14H2,1-3H3,(H,26,27);2H,1H2/t19-;/m1./s1. The number of carboxylic acid groups (broad SMARTS) is 1. The van der Waals surface area contributed by atoms with Crippen molar-refractivity contribution in [3.63, 3.8) is 0 Å². The fourth-order valence-corrected chi connectivity index (χ4v) is 4.91. The average Bonchev–Trinajstić information content (AvgIpc) is 2.79. The minimum atomic E-state index is -4.13. The maximum Gasteiger partial charge on any atom is 0.410 e. The van der Waals surface area contributed by atoms with Gasteiger partial charge < -0.3 is 20.0 Å². The van der Waals surface area contributed by atoms with Gasteiger partial charge in [0.15, 0.2) is 0 Å². The minimum absolute atomic E-state index is 0.00554. The number of ether oxygens (including phenoxy) is 1. The molecule has 1 fully saturated rings. The number of nitrogens with two attached hydrogens (primary N) is 1. The van der Waals surface area contributed by atoms with E-state index in [0.717, 1.165) is 4.31 Å². The van der Waals surface area contributed by atoms with Crippen LogP contribution in [0.4, 0.5) is 9.18 Å². The van der Waals surface area contributed by atoms with Crippen molar-refractivity contribution in [3.05, 3.63) is 54.3 Å². The van der Waals surface area contributed by atoms with Gasteiger partial charge in [-0.25, -0.2) is 23.5 Å². The van der Waals surface area contributed by atoms with Crippen LogP contribution in [-0.2, 0) is 19.6 Å². The van der Waals surface area contributed by atoms with Crippen molar-refractivity contribution >= 4 is 22.1 Å². The first-order valence-electron chi connectivity index (χ1n) is 10.2. The van der Waals surface area contributed by atoms with Crippen LogP contribution < -0.4 is 5.90 Å². The van der Waals surface area contributed by atoms with Crippen molar-refractivity contribution in [2.75, 3.05) is 19.6 Å². The molecule has 186 valence electrons. The number of aliphatic carboxylic acids is 1. The number of rotatable bonds is 4. The third-order valence-corrected chi connectivity index (χ3v) is 6.83. The van der Waals surface area contributed by atoms with Gasteiger partial charge >= 0.3 is 12.1 Å². The Morgan fingerprint density at radius 2 is 1.50 bits per heavy atom. The van der Waals surface area contributed by atoms with E-state index in [1.54, 1.807) is 45.0 Å². The topological polar surface area (TPSA) is 150 Å². The highest BCUT2D eigenvalue weighted by atomic mass is 32.2. The molecule has 4 N–H and O–H groups in total. The lowest BCUT2D eigenvalue weighted by molar-refractivity contribution is -0.143. The van der Waals surface area contributed by atoms with Crippen LogP contribution in [0.15, 0.2) is 53.4 Å². The molecule has 0 aromatic heterocycles. The van der Waals surface area contributed by atoms with Gasteiger partial charge in [-0.3, -0.25) is 4.79 Å². The largest absolute Gasteiger partial charge is 0.480 e. The number of sulfonamides is 1. The number of carboxylic acids is 1. The molecule has 10 nitrogen and oxygen atoms in total. The molecule has 1 saturated heterocycles. The zero-order valence-corrected chi connectivity index (χ0v) is 19.8. The van der Waals surface area contributed by atoms with Gasteiger partial charge in [-0.15, -0.1) is 0 Å². The second-order valence-corrected chi connectivity index (χ2v) is 10.3. The molecule has 0 spiro atoms. The Kier molecular flexibility index (Phi) is 8.72. The van der Waals surface area contributed by atoms with Crippen LogP contribution in [0.3, 0.4) is 0 Å². The number of halogens is 1. The average molecular weight is 498 g/mol. The molecule has 0 aliphatic carbocycles. The quantitative estimate of drug-likeness (QED) is 0.545. The fraction of sp³-hybridized carbons (Fsp3) is 0.364. The number of piperazine rings is 1. The Morgan fingerprint density at radius 3 is 1.97 bits per heavy atom. The SMILES string of the molecule is CC(C)(C)OC(=O)N1CCN(S(=O)(=O)c2ccc(-c3ccc(F)cc3)cc2)[C@@H](C(=O)O)C1.NO. The van der Waals surface area contributed by atoms with Crippen LogP contribution in [0.5, 0.6) is 0 Å². The Hall–Kier alpha value is -3.06. The van der Waals surface area contributed by atoms with Crippen molar-refractivity contribution in [2.24, 2.45) is 5.90 Å². The van der Waals surface area contributed by atoms with Crippen LogP contribution in [0.25, 0.3) is 11.1 Å². The lowest BCUT2D eigenvalue weighted by Gasteiger charge is -2.38. The molecule has 1 atom stereocenters. The third-order valence-electron chi connectivity index (χ3n) is 4.91. The molecule has 12 heteroatoms. The van der Waals surface area contributed by atoms with Crippen LogP contribution in [0.1, 0.15) is 20.8 Å². The first kappa shape index (κ1) is 27.2. The van der Waals surface area contributed by atoms with Gasteiger partial charge in [-0.1, -0.05) is 24.3 Å². The van der Waals surface area contributed by atoms with Crippen LogP contribution in [-0.4, -0.2) is 71.3 Å². The normalized spacial score (nSPS) is 16.9. The zero-order chi connectivity index (χ0) is 25.7. The second kappa shape index (κ2) is 10.9. The molecule has 1 amide bonds. The lowest BCUT2D eigenvalue weighted by atomic mass is 10.1. The minimum Gasteiger partial charge on any atom is -0.480 e. The van der Waals surface area contributed by atoms with Crippen molar-refractivity contribution in [2.45, 2.75) is 37.3 Å². The van der Waals surface area contributed by atoms with E-state index in [0.29, 0.717) is 11.1 Å². The lowest BCUT2D eigenvalue weighted by Crippen LogP contribution is -2.59. The van der Waals surface area contributed by atoms with Crippen LogP contribution in [0, 0.1) is 5.82 Å². The van der Waals surface area contributed by atoms with Crippen molar-refractivity contribution < 1.29 is 37.4 Å². The van der Waals surface area contributed by atoms with Crippen molar-refractivity contribution in [1.29, 1.82) is 0 Å². The predicted molar refractivity (Wildman–Crippen MR) is 121 cm³/mol. The van der Waals surface area contributed by atoms with Gasteiger partial charge in [0, 0.05) is 13.1 Å². The number of hydrogen-bond donors (Lipinski definition) is 3. The van der Waals surface area contributed by atoms with E-state index in [4.69, 9.17) is 9.94 Å². The zero-order valence-electron chi connectivity index (χ0n) is 19.0. The number of amides is 1. The molecule has 2 aromatic carbocycles. The van der Waals surface area contributed by atoms with E-state index in [-0.39, 0.29) is 30.3 Å². The van der Waals surface area contributed by atoms with E-state index in [2.05, 4.69) is 5.90 Å². The summed E-state index contributed by atoms with van der Waals surface area (Å²) in [6.45, 7) is 4.57. The van der Waals surface area contributed by atoms with E-state index in [1.165, 1.54) is 29.2 Å². The van der Waals surface area contributed by atoms with Crippen molar-refractivity contribution in [3.8, 4) is 11.1 Å². The van der Waals surface area contributed by atoms with E-state index in [1.807, 2.05) is 0 Å². The predicted octanol–water partition coefficient (Wildman–Crippen LogP) is 2.52. The summed E-state index contributed by atoms with van der Waals surface area (Å²) in [5, 5.41) is 16.2. The summed E-state index contributed by atoms with van der Waals surface area (Å²) in [7, 11) is -4.13. The van der Waals surface area contributed by atoms with E-state index in [9.17, 15) is 27.5 Å². The summed E-state index contributed by atoms with van der Waals surface area (Å²) < 4.78 is 45.6. The Bertz CT molecular complexity index is 1100. The molecule has 34 heavy (non-hydrogen) atoms. The Labute approximate surface area is 197 Å². The number of nitrogens with zero attached hydrogens (tertiary/aromatic N) is 2. The van der Waals surface area contributed by atoms with Crippen LogP contribution >= 0.6 is 0 Å². The highest BCUT2D eigenvalue weighted by Gasteiger charge is 2.42. The molecule has 0 unspecified atom stereocenters. The first-order chi connectivity index (χ1) is 15.9. The molecule has 0 bridgehead atoms. The summed E-state index contributed by atoms with van der Waals surface area (Å²) in [5.74, 6) is 1.77. The van der Waals surface area contributed by atoms with Crippen LogP contribution in [0.2, 0.25) is 0 Å². The van der Waals surface area contributed by atoms with Gasteiger partial charge in [0.05, 0.1) is 11.4 Å². The number of carbonyl (C=O) groups is 2. The summed E-state index contributed by atoms with van der Waals surface area (Å²) >= 11 is 0. The Balaban J connectivity index is 0.00000199. The molecule has 1 heterocycles. The summed E-state index contributed by atoms with van der Waals surface area (Å²) in [4.78, 5) is 25.3. The molecule has 0 radical (unpaired) electrons. The molecule has 3 rings (SSSR count). The monoisotopic (exact) mass is 497 g/mol. The summed E-state index contributed by atoms with van der Waals surface area (Å²) in [6.07, 6.45) is -0.690. The fourth-order valence-electron chi connectivity index (χ4n) is 3.34. The van der Waals surface area contributed by atoms with Gasteiger partial charge in [0.2, 0.25) is 10.0 Å². The van der Waals surface area contributed by atoms with Gasteiger partial charge in [0.25, 0.3) is 0 Å². The highest BCUT2D eigenvalue weighted by Crippen LogP contribution is 2.26. The van der Waals surface area contributed by atoms with Gasteiger partial charge in [-0.2, -0.15) is 4.31 Å². The number of carbonyl (C=O) groups excluding carboxylic acids is 1. The maximum absolute atomic E-state index is 13.2. The maximum atomic E-state index is 13.2. The first-order valence-corrected chi connectivity index (χ1v) is 11.7.